The van der Waals surface area contributed by atoms with Crippen molar-refractivity contribution in [3.63, 3.8) is 0 Å². The third kappa shape index (κ3) is 5.96. The molecule has 4 aromatic carbocycles. The maximum absolute atomic E-state index is 14.3. The Balaban J connectivity index is 2.09. The zero-order chi connectivity index (χ0) is 28.7. The van der Waals surface area contributed by atoms with Crippen molar-refractivity contribution in [2.24, 2.45) is 17.6 Å². The van der Waals surface area contributed by atoms with E-state index in [4.69, 9.17) is 17.3 Å². The van der Waals surface area contributed by atoms with Crippen LogP contribution >= 0.6 is 11.6 Å². The van der Waals surface area contributed by atoms with Crippen molar-refractivity contribution in [1.82, 2.24) is 4.90 Å². The Bertz CT molecular complexity index is 1370. The van der Waals surface area contributed by atoms with E-state index in [0.717, 1.165) is 16.7 Å². The number of carboxylic acids is 1. The molecular weight excluding hydrogens is 520 g/mol. The van der Waals surface area contributed by atoms with Gasteiger partial charge in [0.25, 0.3) is 0 Å². The number of likely N-dealkylation sites (N-methyl/N-ethyl adjacent to an activating group) is 1. The van der Waals surface area contributed by atoms with E-state index >= 15 is 0 Å². The monoisotopic (exact) mass is 554 g/mol. The van der Waals surface area contributed by atoms with Crippen LogP contribution in [0.2, 0.25) is 5.02 Å². The summed E-state index contributed by atoms with van der Waals surface area (Å²) < 4.78 is 0. The van der Waals surface area contributed by atoms with E-state index in [0.29, 0.717) is 17.1 Å². The van der Waals surface area contributed by atoms with Crippen LogP contribution in [0.5, 0.6) is 0 Å². The van der Waals surface area contributed by atoms with Crippen molar-refractivity contribution in [2.75, 3.05) is 13.6 Å². The second-order valence-electron chi connectivity index (χ2n) is 10.3. The highest BCUT2D eigenvalue weighted by Crippen LogP contribution is 2.51. The van der Waals surface area contributed by atoms with Crippen LogP contribution in [0.25, 0.3) is 0 Å². The summed E-state index contributed by atoms with van der Waals surface area (Å²) >= 11 is 6.93. The quantitative estimate of drug-likeness (QED) is 0.221. The molecule has 4 rings (SSSR count). The highest BCUT2D eigenvalue weighted by atomic mass is 35.5. The molecule has 0 aromatic heterocycles. The number of hydrogen-bond donors (Lipinski definition) is 2. The normalized spacial score (nSPS) is 13.7. The van der Waals surface area contributed by atoms with E-state index in [1.165, 1.54) is 0 Å². The van der Waals surface area contributed by atoms with Crippen molar-refractivity contribution in [2.45, 2.75) is 24.8 Å². The number of aliphatic carboxylic acids is 1. The molecule has 0 fully saturated rings. The average molecular weight is 555 g/mol. The standard InChI is InChI=1S/C34H35ClN2O3/c1-24(36)23-37(2)32(38)28(22-25-14-6-3-7-15-25)31(33(39)40)34(26-16-8-4-9-17-26,27-18-10-5-11-19-27)29-20-12-13-21-30(29)35/h3-21,24,28,31H,22-23,36H2,1-2H3,(H,39,40)/t24-,28?,31-/m0/s1. The van der Waals surface area contributed by atoms with Gasteiger partial charge in [-0.2, -0.15) is 0 Å². The van der Waals surface area contributed by atoms with Gasteiger partial charge in [0.15, 0.2) is 0 Å². The third-order valence-electron chi connectivity index (χ3n) is 7.45. The lowest BCUT2D eigenvalue weighted by atomic mass is 9.57. The maximum atomic E-state index is 14.3. The first-order valence-corrected chi connectivity index (χ1v) is 13.8. The predicted octanol–water partition coefficient (Wildman–Crippen LogP) is 6.04. The number of hydrogen-bond acceptors (Lipinski definition) is 3. The van der Waals surface area contributed by atoms with Gasteiger partial charge in [-0.25, -0.2) is 0 Å². The zero-order valence-electron chi connectivity index (χ0n) is 22.8. The molecule has 5 nitrogen and oxygen atoms in total. The number of nitrogens with two attached hydrogens (primary N) is 1. The van der Waals surface area contributed by atoms with Gasteiger partial charge < -0.3 is 15.7 Å². The molecule has 0 aliphatic heterocycles. The molecule has 0 spiro atoms. The van der Waals surface area contributed by atoms with E-state index in [2.05, 4.69) is 0 Å². The fourth-order valence-electron chi connectivity index (χ4n) is 5.87. The Labute approximate surface area is 241 Å². The molecule has 3 atom stereocenters. The van der Waals surface area contributed by atoms with Crippen LogP contribution in [0.4, 0.5) is 0 Å². The van der Waals surface area contributed by atoms with Crippen molar-refractivity contribution in [1.29, 1.82) is 0 Å². The van der Waals surface area contributed by atoms with Gasteiger partial charge in [-0.3, -0.25) is 9.59 Å². The van der Waals surface area contributed by atoms with Crippen molar-refractivity contribution in [3.8, 4) is 0 Å². The molecule has 40 heavy (non-hydrogen) atoms. The van der Waals surface area contributed by atoms with Gasteiger partial charge in [0, 0.05) is 24.7 Å². The van der Waals surface area contributed by atoms with E-state index in [9.17, 15) is 14.7 Å². The topological polar surface area (TPSA) is 83.6 Å². The molecule has 1 amide bonds. The average Bonchev–Trinajstić information content (AvgIpc) is 2.96. The number of carbonyl (C=O) groups excluding carboxylic acids is 1. The molecule has 0 aliphatic rings. The Hall–Kier alpha value is -3.93. The Morgan fingerprint density at radius 1 is 0.825 bits per heavy atom. The molecule has 206 valence electrons. The molecule has 0 aliphatic carbocycles. The zero-order valence-corrected chi connectivity index (χ0v) is 23.5. The Morgan fingerprint density at radius 2 is 1.30 bits per heavy atom. The minimum absolute atomic E-state index is 0.228. The fraction of sp³-hybridized carbons (Fsp3) is 0.235. The first-order valence-electron chi connectivity index (χ1n) is 13.4. The third-order valence-corrected chi connectivity index (χ3v) is 7.78. The highest BCUT2D eigenvalue weighted by Gasteiger charge is 2.54. The van der Waals surface area contributed by atoms with E-state index in [-0.39, 0.29) is 18.4 Å². The summed E-state index contributed by atoms with van der Waals surface area (Å²) in [4.78, 5) is 29.6. The minimum Gasteiger partial charge on any atom is -0.481 e. The molecule has 3 N–H and O–H groups in total. The summed E-state index contributed by atoms with van der Waals surface area (Å²) in [6, 6.07) is 35.6. The van der Waals surface area contributed by atoms with E-state index < -0.39 is 23.2 Å². The SMILES string of the molecule is C[C@H](N)CN(C)C(=O)C(Cc1ccccc1)[C@@H](C(=O)O)C(c1ccccc1)(c1ccccc1)c1ccccc1Cl. The summed E-state index contributed by atoms with van der Waals surface area (Å²) in [6.07, 6.45) is 0.228. The van der Waals surface area contributed by atoms with E-state index in [1.807, 2.05) is 116 Å². The van der Waals surface area contributed by atoms with Gasteiger partial charge in [0.1, 0.15) is 0 Å². The lowest BCUT2D eigenvalue weighted by Gasteiger charge is -2.44. The molecule has 4 aromatic rings. The van der Waals surface area contributed by atoms with Crippen LogP contribution in [0.3, 0.4) is 0 Å². The van der Waals surface area contributed by atoms with Gasteiger partial charge in [0.05, 0.1) is 17.3 Å². The maximum Gasteiger partial charge on any atom is 0.308 e. The number of nitrogens with zero attached hydrogens (tertiary/aromatic N) is 1. The second-order valence-corrected chi connectivity index (χ2v) is 10.7. The second kappa shape index (κ2) is 12.9. The minimum atomic E-state index is -1.29. The summed E-state index contributed by atoms with van der Waals surface area (Å²) in [6.45, 7) is 2.12. The summed E-state index contributed by atoms with van der Waals surface area (Å²) in [5.41, 5.74) is 7.75. The van der Waals surface area contributed by atoms with Crippen LogP contribution in [0.15, 0.2) is 115 Å². The molecule has 0 radical (unpaired) electrons. The van der Waals surface area contributed by atoms with Crippen LogP contribution < -0.4 is 5.73 Å². The fourth-order valence-corrected chi connectivity index (χ4v) is 6.15. The number of halogens is 1. The van der Waals surface area contributed by atoms with Gasteiger partial charge >= 0.3 is 5.97 Å². The lowest BCUT2D eigenvalue weighted by molar-refractivity contribution is -0.152. The van der Waals surface area contributed by atoms with Crippen LogP contribution in [-0.4, -0.2) is 41.5 Å². The Kier molecular flexibility index (Phi) is 9.41. The summed E-state index contributed by atoms with van der Waals surface area (Å²) in [5, 5.41) is 11.6. The number of amides is 1. The van der Waals surface area contributed by atoms with Crippen LogP contribution in [-0.2, 0) is 21.4 Å². The predicted molar refractivity (Wildman–Crippen MR) is 160 cm³/mol. The van der Waals surface area contributed by atoms with Gasteiger partial charge in [-0.15, -0.1) is 0 Å². The van der Waals surface area contributed by atoms with Gasteiger partial charge in [0.2, 0.25) is 5.91 Å². The molecule has 6 heteroatoms. The number of rotatable bonds is 11. The molecular formula is C34H35ClN2O3. The molecule has 0 saturated carbocycles. The largest absolute Gasteiger partial charge is 0.481 e. The van der Waals surface area contributed by atoms with Gasteiger partial charge in [-0.1, -0.05) is 121 Å². The van der Waals surface area contributed by atoms with Crippen LogP contribution in [0, 0.1) is 11.8 Å². The number of benzene rings is 4. The molecule has 0 saturated heterocycles. The first kappa shape index (κ1) is 29.1. The van der Waals surface area contributed by atoms with Crippen molar-refractivity contribution in [3.05, 3.63) is 143 Å². The number of carboxylic acid groups (broad SMARTS) is 1. The molecule has 1 unspecified atom stereocenters. The molecule has 0 bridgehead atoms. The smallest absolute Gasteiger partial charge is 0.308 e. The highest BCUT2D eigenvalue weighted by molar-refractivity contribution is 6.31. The summed E-state index contributed by atoms with van der Waals surface area (Å²) in [7, 11) is 1.69. The first-order chi connectivity index (χ1) is 19.3. The lowest BCUT2D eigenvalue weighted by Crippen LogP contribution is -2.52. The van der Waals surface area contributed by atoms with Crippen LogP contribution in [0.1, 0.15) is 29.2 Å². The summed E-state index contributed by atoms with van der Waals surface area (Å²) in [5.74, 6) is -3.53. The van der Waals surface area contributed by atoms with Crippen molar-refractivity contribution < 1.29 is 14.7 Å². The van der Waals surface area contributed by atoms with Gasteiger partial charge in [-0.05, 0) is 41.7 Å². The number of carbonyl (C=O) groups is 2. The Morgan fingerprint density at radius 3 is 1.77 bits per heavy atom. The van der Waals surface area contributed by atoms with Crippen molar-refractivity contribution >= 4 is 23.5 Å². The van der Waals surface area contributed by atoms with E-state index in [1.54, 1.807) is 18.0 Å². The molecule has 0 heterocycles.